The summed E-state index contributed by atoms with van der Waals surface area (Å²) in [6.07, 6.45) is 0. The molecule has 0 aliphatic carbocycles. The Balaban J connectivity index is 2.50. The molecular formula is C8H11N3. The van der Waals surface area contributed by atoms with Crippen molar-refractivity contribution in [2.45, 2.75) is 6.92 Å². The predicted molar refractivity (Wildman–Crippen MR) is 46.3 cm³/mol. The fourth-order valence-electron chi connectivity index (χ4n) is 1.25. The highest BCUT2D eigenvalue weighted by Crippen LogP contribution is 2.27. The van der Waals surface area contributed by atoms with Crippen molar-refractivity contribution in [3.05, 3.63) is 23.8 Å². The number of hydrogen-bond donors (Lipinski definition) is 2. The minimum Gasteiger partial charge on any atom is -0.302 e. The molecule has 0 bridgehead atoms. The normalized spacial score (nSPS) is 14.5. The molecule has 0 radical (unpaired) electrons. The zero-order valence-corrected chi connectivity index (χ0v) is 6.68. The molecule has 2 rings (SSSR count). The Kier molecular flexibility index (Phi) is 1.26. The highest BCUT2D eigenvalue weighted by atomic mass is 15.7. The summed E-state index contributed by atoms with van der Waals surface area (Å²) in [5.74, 6) is 0. The van der Waals surface area contributed by atoms with Crippen LogP contribution in [0, 0.1) is 6.92 Å². The first kappa shape index (κ1) is 6.49. The third kappa shape index (κ3) is 0.935. The first-order chi connectivity index (χ1) is 5.27. The summed E-state index contributed by atoms with van der Waals surface area (Å²) in [7, 11) is 1.98. The molecule has 0 atom stereocenters. The Morgan fingerprint density at radius 3 is 3.00 bits per heavy atom. The van der Waals surface area contributed by atoms with Crippen LogP contribution in [0.4, 0.5) is 11.4 Å². The van der Waals surface area contributed by atoms with Gasteiger partial charge in [-0.15, -0.1) is 5.53 Å². The lowest BCUT2D eigenvalue weighted by molar-refractivity contribution is 0.820. The lowest BCUT2D eigenvalue weighted by Gasteiger charge is -2.08. The Morgan fingerprint density at radius 1 is 1.36 bits per heavy atom. The molecule has 1 aliphatic heterocycles. The van der Waals surface area contributed by atoms with Gasteiger partial charge in [0.1, 0.15) is 0 Å². The average molecular weight is 149 g/mol. The number of nitrogens with zero attached hydrogens (tertiary/aromatic N) is 1. The minimum absolute atomic E-state index is 1.15. The fourth-order valence-corrected chi connectivity index (χ4v) is 1.25. The lowest BCUT2D eigenvalue weighted by atomic mass is 10.2. The largest absolute Gasteiger partial charge is 0.302 e. The summed E-state index contributed by atoms with van der Waals surface area (Å²) < 4.78 is 0. The SMILES string of the molecule is Cc1ccc2c(c1)NNN2C. The van der Waals surface area contributed by atoms with E-state index in [1.165, 1.54) is 11.3 Å². The molecule has 1 heterocycles. The molecule has 3 heteroatoms. The molecule has 58 valence electrons. The van der Waals surface area contributed by atoms with E-state index in [0.717, 1.165) is 5.69 Å². The van der Waals surface area contributed by atoms with E-state index in [4.69, 9.17) is 0 Å². The molecule has 11 heavy (non-hydrogen) atoms. The second kappa shape index (κ2) is 2.13. The van der Waals surface area contributed by atoms with Crippen LogP contribution in [0.3, 0.4) is 0 Å². The molecular weight excluding hydrogens is 138 g/mol. The summed E-state index contributed by atoms with van der Waals surface area (Å²) in [6, 6.07) is 6.31. The van der Waals surface area contributed by atoms with E-state index in [1.54, 1.807) is 0 Å². The number of hydrazine groups is 2. The van der Waals surface area contributed by atoms with E-state index >= 15 is 0 Å². The van der Waals surface area contributed by atoms with Crippen molar-refractivity contribution in [2.24, 2.45) is 0 Å². The Bertz CT molecular complexity index is 283. The summed E-state index contributed by atoms with van der Waals surface area (Å²) in [5.41, 5.74) is 9.67. The van der Waals surface area contributed by atoms with E-state index in [1.807, 2.05) is 12.1 Å². The zero-order valence-electron chi connectivity index (χ0n) is 6.68. The van der Waals surface area contributed by atoms with E-state index in [2.05, 4.69) is 36.1 Å². The maximum absolute atomic E-state index is 3.07. The molecule has 0 unspecified atom stereocenters. The van der Waals surface area contributed by atoms with Gasteiger partial charge in [-0.3, -0.25) is 5.01 Å². The maximum atomic E-state index is 3.07. The van der Waals surface area contributed by atoms with Gasteiger partial charge in [0.05, 0.1) is 11.4 Å². The molecule has 3 nitrogen and oxygen atoms in total. The van der Waals surface area contributed by atoms with Crippen molar-refractivity contribution in [1.29, 1.82) is 0 Å². The Hall–Kier alpha value is -1.22. The Morgan fingerprint density at radius 2 is 2.18 bits per heavy atom. The minimum atomic E-state index is 1.15. The molecule has 2 N–H and O–H groups in total. The third-order valence-corrected chi connectivity index (χ3v) is 1.87. The first-order valence-electron chi connectivity index (χ1n) is 3.63. The molecule has 0 saturated carbocycles. The van der Waals surface area contributed by atoms with E-state index in [0.29, 0.717) is 0 Å². The number of hydrogen-bond acceptors (Lipinski definition) is 3. The summed E-state index contributed by atoms with van der Waals surface area (Å²) >= 11 is 0. The van der Waals surface area contributed by atoms with Gasteiger partial charge in [0.25, 0.3) is 0 Å². The van der Waals surface area contributed by atoms with Gasteiger partial charge in [0.15, 0.2) is 0 Å². The molecule has 1 aliphatic rings. The van der Waals surface area contributed by atoms with Crippen LogP contribution >= 0.6 is 0 Å². The number of rotatable bonds is 0. The van der Waals surface area contributed by atoms with Crippen LogP contribution in [-0.4, -0.2) is 7.05 Å². The topological polar surface area (TPSA) is 27.3 Å². The fraction of sp³-hybridized carbons (Fsp3) is 0.250. The second-order valence-electron chi connectivity index (χ2n) is 2.82. The van der Waals surface area contributed by atoms with E-state index in [9.17, 15) is 0 Å². The summed E-state index contributed by atoms with van der Waals surface area (Å²) in [5, 5.41) is 1.95. The van der Waals surface area contributed by atoms with Crippen molar-refractivity contribution < 1.29 is 0 Å². The molecule has 0 aromatic heterocycles. The standard InChI is InChI=1S/C8H11N3/c1-6-3-4-8-7(5-6)9-10-11(8)2/h3-5,9-10H,1-2H3. The summed E-state index contributed by atoms with van der Waals surface area (Å²) in [4.78, 5) is 0. The Labute approximate surface area is 66.0 Å². The van der Waals surface area contributed by atoms with Gasteiger partial charge in [-0.05, 0) is 24.6 Å². The van der Waals surface area contributed by atoms with Gasteiger partial charge < -0.3 is 5.43 Å². The number of aryl methyl sites for hydroxylation is 1. The highest BCUT2D eigenvalue weighted by Gasteiger charge is 2.12. The molecule has 0 saturated heterocycles. The van der Waals surface area contributed by atoms with Crippen molar-refractivity contribution in [2.75, 3.05) is 17.5 Å². The van der Waals surface area contributed by atoms with Gasteiger partial charge in [-0.2, -0.15) is 0 Å². The lowest BCUT2D eigenvalue weighted by Crippen LogP contribution is -2.31. The monoisotopic (exact) mass is 149 g/mol. The third-order valence-electron chi connectivity index (χ3n) is 1.87. The molecule has 0 fully saturated rings. The van der Waals surface area contributed by atoms with Crippen molar-refractivity contribution >= 4 is 11.4 Å². The van der Waals surface area contributed by atoms with Crippen LogP contribution in [0.15, 0.2) is 18.2 Å². The summed E-state index contributed by atoms with van der Waals surface area (Å²) in [6.45, 7) is 2.08. The quantitative estimate of drug-likeness (QED) is 0.581. The van der Waals surface area contributed by atoms with Crippen LogP contribution in [-0.2, 0) is 0 Å². The molecule has 1 aromatic rings. The number of anilines is 2. The van der Waals surface area contributed by atoms with Gasteiger partial charge in [0.2, 0.25) is 0 Å². The van der Waals surface area contributed by atoms with Crippen molar-refractivity contribution in [1.82, 2.24) is 5.53 Å². The highest BCUT2D eigenvalue weighted by molar-refractivity contribution is 5.73. The van der Waals surface area contributed by atoms with E-state index in [-0.39, 0.29) is 0 Å². The second-order valence-corrected chi connectivity index (χ2v) is 2.82. The molecule has 1 aromatic carbocycles. The zero-order chi connectivity index (χ0) is 7.84. The smallest absolute Gasteiger partial charge is 0.0779 e. The van der Waals surface area contributed by atoms with Crippen molar-refractivity contribution in [3.63, 3.8) is 0 Å². The van der Waals surface area contributed by atoms with E-state index < -0.39 is 0 Å². The van der Waals surface area contributed by atoms with Gasteiger partial charge in [-0.1, -0.05) is 6.07 Å². The number of fused-ring (bicyclic) bond motifs is 1. The van der Waals surface area contributed by atoms with Crippen molar-refractivity contribution in [3.8, 4) is 0 Å². The molecule has 0 amide bonds. The van der Waals surface area contributed by atoms with Gasteiger partial charge >= 0.3 is 0 Å². The van der Waals surface area contributed by atoms with Crippen LogP contribution in [0.1, 0.15) is 5.56 Å². The molecule has 0 spiro atoms. The number of nitrogens with one attached hydrogen (secondary N) is 2. The van der Waals surface area contributed by atoms with Gasteiger partial charge in [-0.25, -0.2) is 0 Å². The van der Waals surface area contributed by atoms with Crippen LogP contribution < -0.4 is 16.0 Å². The van der Waals surface area contributed by atoms with Crippen LogP contribution in [0.5, 0.6) is 0 Å². The van der Waals surface area contributed by atoms with Crippen LogP contribution in [0.2, 0.25) is 0 Å². The average Bonchev–Trinajstić information content (AvgIpc) is 2.32. The van der Waals surface area contributed by atoms with Crippen LogP contribution in [0.25, 0.3) is 0 Å². The van der Waals surface area contributed by atoms with Gasteiger partial charge in [0, 0.05) is 7.05 Å². The maximum Gasteiger partial charge on any atom is 0.0779 e. The first-order valence-corrected chi connectivity index (χ1v) is 3.63. The number of benzene rings is 1. The predicted octanol–water partition coefficient (Wildman–Crippen LogP) is 1.28.